The molecule has 1 amide bonds. The van der Waals surface area contributed by atoms with E-state index in [1.807, 2.05) is 44.2 Å². The summed E-state index contributed by atoms with van der Waals surface area (Å²) in [6.07, 6.45) is 8.76. The molecule has 0 aliphatic carbocycles. The average molecular weight is 550 g/mol. The first-order valence-corrected chi connectivity index (χ1v) is 14.5. The molecule has 1 aliphatic rings. The Morgan fingerprint density at radius 1 is 1.11 bits per heavy atom. The second kappa shape index (κ2) is 12.3. The number of ether oxygens (including phenoxy) is 1. The standard InChI is InChI=1S/C30H35N3O3S2/c1-6-7-8-9-10-15-33-29(35)25(38-30(33)37)18-23-27(31-26-21(5)12-11-16-32(26)28(23)34)36-24-17-20(4)13-14-22(24)19(2)3/h11-14,16-19H,6-10,15H2,1-5H3/b25-18+. The van der Waals surface area contributed by atoms with E-state index in [2.05, 4.69) is 20.8 Å². The lowest BCUT2D eigenvalue weighted by atomic mass is 10.0. The summed E-state index contributed by atoms with van der Waals surface area (Å²) >= 11 is 6.76. The van der Waals surface area contributed by atoms with E-state index >= 15 is 0 Å². The van der Waals surface area contributed by atoms with Crippen LogP contribution in [0.4, 0.5) is 0 Å². The number of pyridine rings is 1. The maximum atomic E-state index is 13.7. The lowest BCUT2D eigenvalue weighted by molar-refractivity contribution is -0.122. The number of carbonyl (C=O) groups is 1. The Bertz CT molecular complexity index is 1460. The van der Waals surface area contributed by atoms with E-state index < -0.39 is 0 Å². The van der Waals surface area contributed by atoms with Gasteiger partial charge in [-0.1, -0.05) is 88.6 Å². The molecule has 3 aromatic rings. The van der Waals surface area contributed by atoms with Crippen molar-refractivity contribution in [3.63, 3.8) is 0 Å². The van der Waals surface area contributed by atoms with E-state index in [4.69, 9.17) is 21.9 Å². The van der Waals surface area contributed by atoms with Crippen molar-refractivity contribution >= 4 is 45.9 Å². The maximum Gasteiger partial charge on any atom is 0.269 e. The molecular weight excluding hydrogens is 514 g/mol. The number of carbonyl (C=O) groups excluding carboxylic acids is 1. The molecular formula is C30H35N3O3S2. The van der Waals surface area contributed by atoms with Gasteiger partial charge in [0.1, 0.15) is 21.3 Å². The molecule has 0 bridgehead atoms. The van der Waals surface area contributed by atoms with Crippen LogP contribution < -0.4 is 10.3 Å². The third kappa shape index (κ3) is 6.02. The van der Waals surface area contributed by atoms with Gasteiger partial charge in [0.15, 0.2) is 0 Å². The van der Waals surface area contributed by atoms with Gasteiger partial charge in [-0.25, -0.2) is 0 Å². The molecule has 1 fully saturated rings. The normalized spacial score (nSPS) is 14.9. The van der Waals surface area contributed by atoms with E-state index in [0.29, 0.717) is 27.2 Å². The highest BCUT2D eigenvalue weighted by molar-refractivity contribution is 8.26. The summed E-state index contributed by atoms with van der Waals surface area (Å²) < 4.78 is 8.41. The topological polar surface area (TPSA) is 63.9 Å². The van der Waals surface area contributed by atoms with E-state index in [1.54, 1.807) is 17.2 Å². The van der Waals surface area contributed by atoms with Crippen molar-refractivity contribution in [1.82, 2.24) is 14.3 Å². The van der Waals surface area contributed by atoms with Crippen molar-refractivity contribution in [1.29, 1.82) is 0 Å². The number of thioether (sulfide) groups is 1. The zero-order chi connectivity index (χ0) is 27.4. The summed E-state index contributed by atoms with van der Waals surface area (Å²) in [6.45, 7) is 10.9. The van der Waals surface area contributed by atoms with Crippen LogP contribution >= 0.6 is 24.0 Å². The second-order valence-corrected chi connectivity index (χ2v) is 11.7. The summed E-state index contributed by atoms with van der Waals surface area (Å²) in [4.78, 5) is 33.9. The Hall–Kier alpha value is -2.97. The van der Waals surface area contributed by atoms with Gasteiger partial charge in [0.05, 0.1) is 4.91 Å². The number of rotatable bonds is 10. The van der Waals surface area contributed by atoms with E-state index in [1.165, 1.54) is 29.0 Å². The molecule has 0 unspecified atom stereocenters. The first-order chi connectivity index (χ1) is 18.2. The monoisotopic (exact) mass is 549 g/mol. The van der Waals surface area contributed by atoms with Gasteiger partial charge in [0.2, 0.25) is 5.88 Å². The third-order valence-corrected chi connectivity index (χ3v) is 8.06. The highest BCUT2D eigenvalue weighted by Gasteiger charge is 2.32. The van der Waals surface area contributed by atoms with E-state index in [0.717, 1.165) is 36.0 Å². The van der Waals surface area contributed by atoms with Crippen LogP contribution in [0.25, 0.3) is 11.7 Å². The molecule has 1 aromatic carbocycles. The SMILES string of the molecule is CCCCCCCN1C(=O)/C(=C\c2c(Oc3cc(C)ccc3C(C)C)nc3c(C)cccn3c2=O)SC1=S. The molecule has 0 N–H and O–H groups in total. The fraction of sp³-hybridized carbons (Fsp3) is 0.400. The number of benzene rings is 1. The Morgan fingerprint density at radius 2 is 1.87 bits per heavy atom. The van der Waals surface area contributed by atoms with E-state index in [9.17, 15) is 9.59 Å². The summed E-state index contributed by atoms with van der Waals surface area (Å²) in [5.74, 6) is 0.875. The van der Waals surface area contributed by atoms with Crippen LogP contribution in [0, 0.1) is 13.8 Å². The Kier molecular flexibility index (Phi) is 9.05. The quantitative estimate of drug-likeness (QED) is 0.149. The molecule has 0 radical (unpaired) electrons. The minimum absolute atomic E-state index is 0.173. The molecule has 38 heavy (non-hydrogen) atoms. The molecule has 4 rings (SSSR count). The Morgan fingerprint density at radius 3 is 2.61 bits per heavy atom. The van der Waals surface area contributed by atoms with Gasteiger partial charge < -0.3 is 4.74 Å². The third-order valence-electron chi connectivity index (χ3n) is 6.68. The summed E-state index contributed by atoms with van der Waals surface area (Å²) in [5, 5.41) is 0. The van der Waals surface area contributed by atoms with Crippen LogP contribution in [-0.2, 0) is 4.79 Å². The molecule has 1 aliphatic heterocycles. The van der Waals surface area contributed by atoms with Gasteiger partial charge in [0, 0.05) is 12.7 Å². The number of thiocarbonyl (C=S) groups is 1. The van der Waals surface area contributed by atoms with Crippen molar-refractivity contribution < 1.29 is 9.53 Å². The zero-order valence-corrected chi connectivity index (χ0v) is 24.4. The van der Waals surface area contributed by atoms with Crippen molar-refractivity contribution in [2.45, 2.75) is 72.6 Å². The predicted molar refractivity (Wildman–Crippen MR) is 160 cm³/mol. The van der Waals surface area contributed by atoms with Crippen LogP contribution in [0.1, 0.15) is 81.0 Å². The smallest absolute Gasteiger partial charge is 0.269 e. The first-order valence-electron chi connectivity index (χ1n) is 13.3. The lowest BCUT2D eigenvalue weighted by Crippen LogP contribution is -2.29. The van der Waals surface area contributed by atoms with Crippen LogP contribution in [-0.4, -0.2) is 31.1 Å². The van der Waals surface area contributed by atoms with Gasteiger partial charge in [-0.2, -0.15) is 4.98 Å². The van der Waals surface area contributed by atoms with Crippen molar-refractivity contribution in [3.05, 3.63) is 74.0 Å². The van der Waals surface area contributed by atoms with Gasteiger partial charge in [-0.15, -0.1) is 0 Å². The van der Waals surface area contributed by atoms with Crippen LogP contribution in [0.2, 0.25) is 0 Å². The average Bonchev–Trinajstić information content (AvgIpc) is 3.14. The number of fused-ring (bicyclic) bond motifs is 1. The summed E-state index contributed by atoms with van der Waals surface area (Å²) in [6, 6.07) is 9.76. The predicted octanol–water partition coefficient (Wildman–Crippen LogP) is 7.40. The molecule has 2 aromatic heterocycles. The summed E-state index contributed by atoms with van der Waals surface area (Å²) in [5.41, 5.74) is 3.36. The van der Waals surface area contributed by atoms with Gasteiger partial charge in [-0.05, 0) is 61.1 Å². The second-order valence-electron chi connectivity index (χ2n) is 10.1. The van der Waals surface area contributed by atoms with Crippen molar-refractivity contribution in [2.75, 3.05) is 6.54 Å². The number of hydrogen-bond donors (Lipinski definition) is 0. The number of unbranched alkanes of at least 4 members (excludes halogenated alkanes) is 4. The van der Waals surface area contributed by atoms with Gasteiger partial charge in [0.25, 0.3) is 11.5 Å². The highest BCUT2D eigenvalue weighted by atomic mass is 32.2. The first kappa shape index (κ1) is 28.0. The number of aryl methyl sites for hydroxylation is 2. The molecule has 0 atom stereocenters. The minimum atomic E-state index is -0.294. The van der Waals surface area contributed by atoms with Gasteiger partial charge in [-0.3, -0.25) is 18.9 Å². The van der Waals surface area contributed by atoms with Gasteiger partial charge >= 0.3 is 0 Å². The maximum absolute atomic E-state index is 13.7. The number of amides is 1. The highest BCUT2D eigenvalue weighted by Crippen LogP contribution is 2.36. The molecule has 200 valence electrons. The molecule has 6 nitrogen and oxygen atoms in total. The minimum Gasteiger partial charge on any atom is -0.438 e. The number of aromatic nitrogens is 2. The van der Waals surface area contributed by atoms with Crippen molar-refractivity contribution in [3.8, 4) is 11.6 Å². The Balaban J connectivity index is 1.76. The molecule has 0 saturated carbocycles. The lowest BCUT2D eigenvalue weighted by Gasteiger charge is -2.16. The molecule has 8 heteroatoms. The Labute approximate surface area is 234 Å². The molecule has 0 spiro atoms. The number of hydrogen-bond acceptors (Lipinski definition) is 6. The summed E-state index contributed by atoms with van der Waals surface area (Å²) in [7, 11) is 0. The largest absolute Gasteiger partial charge is 0.438 e. The van der Waals surface area contributed by atoms with Crippen LogP contribution in [0.5, 0.6) is 11.6 Å². The van der Waals surface area contributed by atoms with Crippen LogP contribution in [0.15, 0.2) is 46.2 Å². The van der Waals surface area contributed by atoms with E-state index in [-0.39, 0.29) is 28.8 Å². The zero-order valence-electron chi connectivity index (χ0n) is 22.7. The van der Waals surface area contributed by atoms with Crippen LogP contribution in [0.3, 0.4) is 0 Å². The fourth-order valence-electron chi connectivity index (χ4n) is 4.50. The molecule has 1 saturated heterocycles. The number of nitrogens with zero attached hydrogens (tertiary/aromatic N) is 3. The van der Waals surface area contributed by atoms with Crippen molar-refractivity contribution in [2.24, 2.45) is 0 Å². The molecule has 3 heterocycles. The fourth-order valence-corrected chi connectivity index (χ4v) is 5.79.